The third kappa shape index (κ3) is 4.91. The number of pyridine rings is 1. The highest BCUT2D eigenvalue weighted by molar-refractivity contribution is 7.98. The Morgan fingerprint density at radius 1 is 1.03 bits per heavy atom. The fourth-order valence-corrected chi connectivity index (χ4v) is 4.79. The van der Waals surface area contributed by atoms with Crippen LogP contribution in [0.3, 0.4) is 0 Å². The maximum atomic E-state index is 13.6. The van der Waals surface area contributed by atoms with Crippen molar-refractivity contribution >= 4 is 28.8 Å². The van der Waals surface area contributed by atoms with Crippen molar-refractivity contribution in [3.63, 3.8) is 0 Å². The minimum Gasteiger partial charge on any atom is -0.378 e. The molecular weight excluding hydrogens is 439 g/mol. The van der Waals surface area contributed by atoms with Gasteiger partial charge >= 0.3 is 0 Å². The Labute approximate surface area is 195 Å². The highest BCUT2D eigenvalue weighted by Gasteiger charge is 2.19. The van der Waals surface area contributed by atoms with Crippen LogP contribution in [0.2, 0.25) is 0 Å². The molecule has 0 unspecified atom stereocenters. The van der Waals surface area contributed by atoms with Gasteiger partial charge in [0.2, 0.25) is 0 Å². The summed E-state index contributed by atoms with van der Waals surface area (Å²) in [5, 5.41) is 0.821. The monoisotopic (exact) mass is 462 g/mol. The van der Waals surface area contributed by atoms with Crippen LogP contribution in [0.15, 0.2) is 72.0 Å². The molecule has 8 heteroatoms. The van der Waals surface area contributed by atoms with E-state index in [1.54, 1.807) is 30.1 Å². The largest absolute Gasteiger partial charge is 0.378 e. The number of hydrogen-bond acceptors (Lipinski definition) is 5. The van der Waals surface area contributed by atoms with Gasteiger partial charge in [0.15, 0.2) is 10.8 Å². The standard InChI is InChI=1S/C25H23FN4O2S/c26-21-4-1-3-19(15-21)17-33-25-28-22-5-2-10-27-23(22)30(25)16-18-6-8-20(9-7-18)24(31)29-11-13-32-14-12-29/h1-10,15H,11-14,16-17H2. The molecule has 0 bridgehead atoms. The lowest BCUT2D eigenvalue weighted by atomic mass is 10.1. The highest BCUT2D eigenvalue weighted by atomic mass is 32.2. The van der Waals surface area contributed by atoms with Gasteiger partial charge in [-0.15, -0.1) is 0 Å². The summed E-state index contributed by atoms with van der Waals surface area (Å²) in [6.45, 7) is 2.99. The fraction of sp³-hybridized carbons (Fsp3) is 0.240. The average molecular weight is 463 g/mol. The SMILES string of the molecule is O=C(c1ccc(Cn2c(SCc3cccc(F)c3)nc3cccnc32)cc1)N1CCOCC1. The van der Waals surface area contributed by atoms with Crippen molar-refractivity contribution in [1.29, 1.82) is 0 Å². The number of ether oxygens (including phenoxy) is 1. The first-order chi connectivity index (χ1) is 16.2. The first kappa shape index (κ1) is 21.6. The molecule has 1 aliphatic rings. The van der Waals surface area contributed by atoms with Crippen molar-refractivity contribution < 1.29 is 13.9 Å². The summed E-state index contributed by atoms with van der Waals surface area (Å²) in [4.78, 5) is 23.8. The molecule has 5 rings (SSSR count). The minimum atomic E-state index is -0.241. The Morgan fingerprint density at radius 3 is 2.64 bits per heavy atom. The Bertz CT molecular complexity index is 1270. The third-order valence-corrected chi connectivity index (χ3v) is 6.61. The lowest BCUT2D eigenvalue weighted by molar-refractivity contribution is 0.0303. The molecule has 0 N–H and O–H groups in total. The molecule has 0 spiro atoms. The molecule has 1 saturated heterocycles. The normalized spacial score (nSPS) is 14.0. The van der Waals surface area contributed by atoms with Crippen molar-refractivity contribution in [3.05, 3.63) is 89.4 Å². The van der Waals surface area contributed by atoms with Gasteiger partial charge in [-0.1, -0.05) is 36.0 Å². The molecule has 0 atom stereocenters. The Balaban J connectivity index is 1.36. The van der Waals surface area contributed by atoms with Crippen LogP contribution in [0.5, 0.6) is 0 Å². The molecule has 6 nitrogen and oxygen atoms in total. The van der Waals surface area contributed by atoms with Gasteiger partial charge in [-0.25, -0.2) is 14.4 Å². The molecule has 1 amide bonds. The van der Waals surface area contributed by atoms with Crippen molar-refractivity contribution in [2.75, 3.05) is 26.3 Å². The third-order valence-electron chi connectivity index (χ3n) is 5.57. The number of imidazole rings is 1. The molecule has 0 saturated carbocycles. The molecule has 3 heterocycles. The molecule has 33 heavy (non-hydrogen) atoms. The number of aromatic nitrogens is 3. The van der Waals surface area contributed by atoms with E-state index in [4.69, 9.17) is 9.72 Å². The summed E-state index contributed by atoms with van der Waals surface area (Å²) in [6.07, 6.45) is 1.76. The lowest BCUT2D eigenvalue weighted by Gasteiger charge is -2.26. The van der Waals surface area contributed by atoms with Crippen LogP contribution in [-0.4, -0.2) is 51.6 Å². The molecule has 4 aromatic rings. The number of hydrogen-bond donors (Lipinski definition) is 0. The summed E-state index contributed by atoms with van der Waals surface area (Å²) in [6, 6.07) is 18.1. The van der Waals surface area contributed by atoms with Gasteiger partial charge in [-0.2, -0.15) is 0 Å². The number of morpholine rings is 1. The fourth-order valence-electron chi connectivity index (χ4n) is 3.85. The van der Waals surface area contributed by atoms with Crippen molar-refractivity contribution in [3.8, 4) is 0 Å². The predicted octanol–water partition coefficient (Wildman–Crippen LogP) is 4.38. The molecule has 1 fully saturated rings. The maximum Gasteiger partial charge on any atom is 0.254 e. The quantitative estimate of drug-likeness (QED) is 0.398. The van der Waals surface area contributed by atoms with E-state index in [9.17, 15) is 9.18 Å². The van der Waals surface area contributed by atoms with Crippen LogP contribution in [0.1, 0.15) is 21.5 Å². The van der Waals surface area contributed by atoms with Crippen LogP contribution in [0.4, 0.5) is 4.39 Å². The molecule has 2 aromatic heterocycles. The van der Waals surface area contributed by atoms with E-state index in [0.717, 1.165) is 27.4 Å². The molecule has 0 radical (unpaired) electrons. The lowest BCUT2D eigenvalue weighted by Crippen LogP contribution is -2.40. The maximum absolute atomic E-state index is 13.6. The summed E-state index contributed by atoms with van der Waals surface area (Å²) in [7, 11) is 0. The number of carbonyl (C=O) groups excluding carboxylic acids is 1. The van der Waals surface area contributed by atoms with E-state index < -0.39 is 0 Å². The van der Waals surface area contributed by atoms with Gasteiger partial charge in [0, 0.05) is 30.6 Å². The number of nitrogens with zero attached hydrogens (tertiary/aromatic N) is 4. The summed E-state index contributed by atoms with van der Waals surface area (Å²) < 4.78 is 21.0. The van der Waals surface area contributed by atoms with Crippen molar-refractivity contribution in [2.45, 2.75) is 17.5 Å². The molecule has 2 aromatic carbocycles. The van der Waals surface area contributed by atoms with Crippen molar-refractivity contribution in [1.82, 2.24) is 19.4 Å². The number of carbonyl (C=O) groups is 1. The van der Waals surface area contributed by atoms with Gasteiger partial charge in [0.1, 0.15) is 11.3 Å². The second kappa shape index (κ2) is 9.72. The van der Waals surface area contributed by atoms with E-state index in [-0.39, 0.29) is 11.7 Å². The van der Waals surface area contributed by atoms with Crippen LogP contribution in [0.25, 0.3) is 11.2 Å². The second-order valence-corrected chi connectivity index (χ2v) is 8.79. The summed E-state index contributed by atoms with van der Waals surface area (Å²) >= 11 is 1.55. The molecule has 1 aliphatic heterocycles. The average Bonchev–Trinajstić information content (AvgIpc) is 3.20. The number of thioether (sulfide) groups is 1. The van der Waals surface area contributed by atoms with Gasteiger partial charge in [-0.3, -0.25) is 9.36 Å². The highest BCUT2D eigenvalue weighted by Crippen LogP contribution is 2.27. The van der Waals surface area contributed by atoms with Crippen LogP contribution in [-0.2, 0) is 17.0 Å². The van der Waals surface area contributed by atoms with Gasteiger partial charge < -0.3 is 9.64 Å². The van der Waals surface area contributed by atoms with Crippen molar-refractivity contribution in [2.24, 2.45) is 0 Å². The topological polar surface area (TPSA) is 60.2 Å². The van der Waals surface area contributed by atoms with Gasteiger partial charge in [-0.05, 0) is 47.5 Å². The van der Waals surface area contributed by atoms with E-state index >= 15 is 0 Å². The number of benzene rings is 2. The summed E-state index contributed by atoms with van der Waals surface area (Å²) in [5.41, 5.74) is 4.24. The summed E-state index contributed by atoms with van der Waals surface area (Å²) in [5.74, 6) is 0.398. The Kier molecular flexibility index (Phi) is 6.37. The smallest absolute Gasteiger partial charge is 0.254 e. The zero-order chi connectivity index (χ0) is 22.6. The number of fused-ring (bicyclic) bond motifs is 1. The van der Waals surface area contributed by atoms with Gasteiger partial charge in [0.25, 0.3) is 5.91 Å². The molecular formula is C25H23FN4O2S. The van der Waals surface area contributed by atoms with Crippen LogP contribution in [0, 0.1) is 5.82 Å². The van der Waals surface area contributed by atoms with E-state index in [1.165, 1.54) is 6.07 Å². The minimum absolute atomic E-state index is 0.0333. The Morgan fingerprint density at radius 2 is 1.85 bits per heavy atom. The zero-order valence-corrected chi connectivity index (χ0v) is 18.8. The Hall–Kier alpha value is -3.23. The van der Waals surface area contributed by atoms with E-state index in [0.29, 0.717) is 44.2 Å². The zero-order valence-electron chi connectivity index (χ0n) is 18.0. The van der Waals surface area contributed by atoms with Crippen LogP contribution >= 0.6 is 11.8 Å². The first-order valence-corrected chi connectivity index (χ1v) is 11.8. The number of amides is 1. The van der Waals surface area contributed by atoms with Crippen LogP contribution < -0.4 is 0 Å². The van der Waals surface area contributed by atoms with E-state index in [2.05, 4.69) is 9.55 Å². The predicted molar refractivity (Wildman–Crippen MR) is 126 cm³/mol. The molecule has 168 valence electrons. The number of halogens is 1. The van der Waals surface area contributed by atoms with Gasteiger partial charge in [0.05, 0.1) is 19.8 Å². The van der Waals surface area contributed by atoms with E-state index in [1.807, 2.05) is 47.4 Å². The second-order valence-electron chi connectivity index (χ2n) is 7.85. The molecule has 0 aliphatic carbocycles. The first-order valence-electron chi connectivity index (χ1n) is 10.8. The number of rotatable bonds is 6.